The van der Waals surface area contributed by atoms with Crippen molar-refractivity contribution in [1.29, 1.82) is 0 Å². The van der Waals surface area contributed by atoms with Crippen LogP contribution in [0.4, 0.5) is 5.69 Å². The summed E-state index contributed by atoms with van der Waals surface area (Å²) < 4.78 is 0. The second kappa shape index (κ2) is 6.72. The number of rotatable bonds is 5. The molecule has 1 aromatic rings. The van der Waals surface area contributed by atoms with Crippen molar-refractivity contribution in [1.82, 2.24) is 5.32 Å². The summed E-state index contributed by atoms with van der Waals surface area (Å²) in [5.74, 6) is -0.222. The highest BCUT2D eigenvalue weighted by Gasteiger charge is 2.19. The lowest BCUT2D eigenvalue weighted by atomic mass is 10.0. The number of benzene rings is 1. The van der Waals surface area contributed by atoms with Crippen LogP contribution in [0.2, 0.25) is 0 Å². The molecule has 0 radical (unpaired) electrons. The Kier molecular flexibility index (Phi) is 4.98. The van der Waals surface area contributed by atoms with Gasteiger partial charge in [0.15, 0.2) is 0 Å². The van der Waals surface area contributed by atoms with Crippen molar-refractivity contribution < 1.29 is 15.0 Å². The molecular formula is C15H22N2O3. The topological polar surface area (TPSA) is 72.8 Å². The average molecular weight is 278 g/mol. The fourth-order valence-electron chi connectivity index (χ4n) is 2.44. The number of hydrogen-bond donors (Lipinski definition) is 3. The summed E-state index contributed by atoms with van der Waals surface area (Å²) in [6.07, 6.45) is 0.450. The number of amides is 1. The lowest BCUT2D eigenvalue weighted by Gasteiger charge is -2.21. The van der Waals surface area contributed by atoms with Crippen molar-refractivity contribution >= 4 is 11.6 Å². The highest BCUT2D eigenvalue weighted by Crippen LogP contribution is 2.23. The van der Waals surface area contributed by atoms with Gasteiger partial charge >= 0.3 is 0 Å². The van der Waals surface area contributed by atoms with Gasteiger partial charge in [0.1, 0.15) is 12.2 Å². The minimum absolute atomic E-state index is 0.0460. The Labute approximate surface area is 119 Å². The standard InChI is InChI=1S/C15H22N2O3/c1-11(18)16-10-14(19)15(20)12-4-6-13(7-5-12)17-8-2-3-9-17/h4-7,14-15,19-20H,2-3,8-10H2,1H3,(H,16,18). The molecule has 2 rings (SSSR count). The number of anilines is 1. The van der Waals surface area contributed by atoms with Crippen molar-refractivity contribution in [2.75, 3.05) is 24.5 Å². The molecule has 0 saturated carbocycles. The molecule has 20 heavy (non-hydrogen) atoms. The summed E-state index contributed by atoms with van der Waals surface area (Å²) in [6, 6.07) is 7.59. The van der Waals surface area contributed by atoms with Gasteiger partial charge in [-0.25, -0.2) is 0 Å². The second-order valence-corrected chi connectivity index (χ2v) is 5.23. The molecule has 2 unspecified atom stereocenters. The Hall–Kier alpha value is -1.59. The molecule has 1 aromatic carbocycles. The van der Waals surface area contributed by atoms with Crippen LogP contribution >= 0.6 is 0 Å². The summed E-state index contributed by atoms with van der Waals surface area (Å²) in [4.78, 5) is 13.1. The van der Waals surface area contributed by atoms with E-state index in [1.54, 1.807) is 0 Å². The lowest BCUT2D eigenvalue weighted by molar-refractivity contribution is -0.119. The highest BCUT2D eigenvalue weighted by molar-refractivity contribution is 5.72. The predicted molar refractivity (Wildman–Crippen MR) is 77.5 cm³/mol. The van der Waals surface area contributed by atoms with E-state index in [1.807, 2.05) is 24.3 Å². The van der Waals surface area contributed by atoms with E-state index in [1.165, 1.54) is 19.8 Å². The van der Waals surface area contributed by atoms with Crippen LogP contribution in [0.15, 0.2) is 24.3 Å². The Balaban J connectivity index is 1.95. The molecule has 2 atom stereocenters. The van der Waals surface area contributed by atoms with Crippen LogP contribution in [0.1, 0.15) is 31.4 Å². The van der Waals surface area contributed by atoms with Crippen LogP contribution in [0.25, 0.3) is 0 Å². The molecule has 1 aliphatic rings. The van der Waals surface area contributed by atoms with E-state index >= 15 is 0 Å². The van der Waals surface area contributed by atoms with Gasteiger partial charge in [-0.2, -0.15) is 0 Å². The Bertz CT molecular complexity index is 441. The molecule has 3 N–H and O–H groups in total. The van der Waals surface area contributed by atoms with Crippen LogP contribution < -0.4 is 10.2 Å². The van der Waals surface area contributed by atoms with Gasteiger partial charge in [0.25, 0.3) is 0 Å². The molecule has 110 valence electrons. The molecule has 5 nitrogen and oxygen atoms in total. The summed E-state index contributed by atoms with van der Waals surface area (Å²) in [6.45, 7) is 3.58. The van der Waals surface area contributed by atoms with Gasteiger partial charge < -0.3 is 20.4 Å². The number of carbonyl (C=O) groups is 1. The first-order valence-corrected chi connectivity index (χ1v) is 7.03. The first kappa shape index (κ1) is 14.8. The van der Waals surface area contributed by atoms with E-state index < -0.39 is 12.2 Å². The fraction of sp³-hybridized carbons (Fsp3) is 0.533. The van der Waals surface area contributed by atoms with Crippen molar-refractivity contribution in [2.45, 2.75) is 32.0 Å². The lowest BCUT2D eigenvalue weighted by Crippen LogP contribution is -2.34. The average Bonchev–Trinajstić information content (AvgIpc) is 2.98. The number of carbonyl (C=O) groups excluding carboxylic acids is 1. The van der Waals surface area contributed by atoms with Crippen LogP contribution in [0.5, 0.6) is 0 Å². The van der Waals surface area contributed by atoms with Crippen molar-refractivity contribution in [3.05, 3.63) is 29.8 Å². The normalized spacial score (nSPS) is 17.9. The zero-order valence-corrected chi connectivity index (χ0v) is 11.7. The first-order valence-electron chi connectivity index (χ1n) is 7.03. The molecule has 1 heterocycles. The van der Waals surface area contributed by atoms with E-state index in [2.05, 4.69) is 10.2 Å². The number of hydrogen-bond acceptors (Lipinski definition) is 4. The molecule has 0 aromatic heterocycles. The number of aliphatic hydroxyl groups is 2. The maximum atomic E-state index is 10.8. The smallest absolute Gasteiger partial charge is 0.216 e. The highest BCUT2D eigenvalue weighted by atomic mass is 16.3. The van der Waals surface area contributed by atoms with Crippen LogP contribution in [0, 0.1) is 0 Å². The van der Waals surface area contributed by atoms with Crippen molar-refractivity contribution in [3.63, 3.8) is 0 Å². The van der Waals surface area contributed by atoms with E-state index in [0.717, 1.165) is 18.8 Å². The molecule has 5 heteroatoms. The number of aliphatic hydroxyl groups excluding tert-OH is 2. The molecule has 1 amide bonds. The summed E-state index contributed by atoms with van der Waals surface area (Å²) in [7, 11) is 0. The van der Waals surface area contributed by atoms with Gasteiger partial charge in [-0.15, -0.1) is 0 Å². The van der Waals surface area contributed by atoms with E-state index in [0.29, 0.717) is 5.56 Å². The zero-order chi connectivity index (χ0) is 14.5. The van der Waals surface area contributed by atoms with Gasteiger partial charge in [-0.3, -0.25) is 4.79 Å². The molecule has 1 saturated heterocycles. The second-order valence-electron chi connectivity index (χ2n) is 5.23. The summed E-state index contributed by atoms with van der Waals surface area (Å²) in [5, 5.41) is 22.4. The van der Waals surface area contributed by atoms with Gasteiger partial charge in [0.2, 0.25) is 5.91 Å². The Morgan fingerprint density at radius 1 is 1.25 bits per heavy atom. The molecule has 0 aliphatic carbocycles. The number of nitrogens with one attached hydrogen (secondary N) is 1. The van der Waals surface area contributed by atoms with Crippen molar-refractivity contribution in [3.8, 4) is 0 Å². The SMILES string of the molecule is CC(=O)NCC(O)C(O)c1ccc(N2CCCC2)cc1. The number of nitrogens with zero attached hydrogens (tertiary/aromatic N) is 1. The van der Waals surface area contributed by atoms with Crippen LogP contribution in [0.3, 0.4) is 0 Å². The zero-order valence-electron chi connectivity index (χ0n) is 11.7. The summed E-state index contributed by atoms with van der Waals surface area (Å²) in [5.41, 5.74) is 1.81. The largest absolute Gasteiger partial charge is 0.388 e. The minimum Gasteiger partial charge on any atom is -0.388 e. The first-order chi connectivity index (χ1) is 9.58. The quantitative estimate of drug-likeness (QED) is 0.745. The van der Waals surface area contributed by atoms with E-state index in [-0.39, 0.29) is 12.5 Å². The van der Waals surface area contributed by atoms with Gasteiger partial charge in [0.05, 0.1) is 0 Å². The molecule has 0 bridgehead atoms. The van der Waals surface area contributed by atoms with E-state index in [9.17, 15) is 15.0 Å². The van der Waals surface area contributed by atoms with E-state index in [4.69, 9.17) is 0 Å². The van der Waals surface area contributed by atoms with Gasteiger partial charge in [-0.1, -0.05) is 12.1 Å². The van der Waals surface area contributed by atoms with Crippen LogP contribution in [-0.4, -0.2) is 41.9 Å². The third-order valence-corrected chi connectivity index (χ3v) is 3.63. The molecule has 1 aliphatic heterocycles. The molecule has 1 fully saturated rings. The monoisotopic (exact) mass is 278 g/mol. The van der Waals surface area contributed by atoms with Gasteiger partial charge in [0, 0.05) is 32.2 Å². The van der Waals surface area contributed by atoms with Crippen LogP contribution in [-0.2, 0) is 4.79 Å². The minimum atomic E-state index is -1.00. The summed E-state index contributed by atoms with van der Waals surface area (Å²) >= 11 is 0. The van der Waals surface area contributed by atoms with Crippen molar-refractivity contribution in [2.24, 2.45) is 0 Å². The Morgan fingerprint density at radius 2 is 1.85 bits per heavy atom. The van der Waals surface area contributed by atoms with Gasteiger partial charge in [-0.05, 0) is 30.5 Å². The molecule has 0 spiro atoms. The predicted octanol–water partition coefficient (Wildman–Crippen LogP) is 0.817. The maximum absolute atomic E-state index is 10.8. The fourth-order valence-corrected chi connectivity index (χ4v) is 2.44. The Morgan fingerprint density at radius 3 is 2.40 bits per heavy atom. The third kappa shape index (κ3) is 3.71. The third-order valence-electron chi connectivity index (χ3n) is 3.63. The maximum Gasteiger partial charge on any atom is 0.216 e. The molecular weight excluding hydrogens is 256 g/mol.